The molecule has 0 aromatic carbocycles. The predicted molar refractivity (Wildman–Crippen MR) is 69.8 cm³/mol. The number of aromatic nitrogens is 3. The van der Waals surface area contributed by atoms with Crippen LogP contribution in [0.3, 0.4) is 0 Å². The average molecular weight is 261 g/mol. The van der Waals surface area contributed by atoms with Crippen LogP contribution in [-0.4, -0.2) is 47.4 Å². The van der Waals surface area contributed by atoms with Crippen molar-refractivity contribution in [3.05, 3.63) is 18.0 Å². The van der Waals surface area contributed by atoms with Gasteiger partial charge in [0, 0.05) is 19.3 Å². The minimum absolute atomic E-state index is 0.141. The third kappa shape index (κ3) is 2.37. The Morgan fingerprint density at radius 1 is 1.47 bits per heavy atom. The van der Waals surface area contributed by atoms with E-state index in [0.29, 0.717) is 18.9 Å². The van der Waals surface area contributed by atoms with Gasteiger partial charge in [0.2, 0.25) is 5.91 Å². The van der Waals surface area contributed by atoms with Crippen molar-refractivity contribution in [2.45, 2.75) is 6.42 Å². The molecule has 1 aliphatic rings. The van der Waals surface area contributed by atoms with Gasteiger partial charge in [0.25, 0.3) is 0 Å². The largest absolute Gasteiger partial charge is 0.378 e. The number of nitrogens with zero attached hydrogens (tertiary/aromatic N) is 3. The quantitative estimate of drug-likeness (QED) is 0.799. The van der Waals surface area contributed by atoms with Gasteiger partial charge in [-0.25, -0.2) is 0 Å². The summed E-state index contributed by atoms with van der Waals surface area (Å²) >= 11 is 0. The number of pyridine rings is 1. The summed E-state index contributed by atoms with van der Waals surface area (Å²) in [4.78, 5) is 17.3. The van der Waals surface area contributed by atoms with E-state index in [1.54, 1.807) is 6.20 Å². The molecule has 0 radical (unpaired) electrons. The van der Waals surface area contributed by atoms with Crippen molar-refractivity contribution in [2.75, 3.05) is 31.2 Å². The van der Waals surface area contributed by atoms with Crippen LogP contribution in [-0.2, 0) is 16.0 Å². The molecule has 0 bridgehead atoms. The number of rotatable bonds is 3. The zero-order valence-electron chi connectivity index (χ0n) is 10.4. The minimum atomic E-state index is -0.389. The van der Waals surface area contributed by atoms with Crippen molar-refractivity contribution in [3.63, 3.8) is 0 Å². The van der Waals surface area contributed by atoms with Gasteiger partial charge in [-0.2, -0.15) is 5.10 Å². The number of hydrogen-bond acceptors (Lipinski definition) is 5. The van der Waals surface area contributed by atoms with Gasteiger partial charge in [-0.05, 0) is 6.07 Å². The number of fused-ring (bicyclic) bond motifs is 1. The second kappa shape index (κ2) is 4.85. The molecular weight excluding hydrogens is 246 g/mol. The predicted octanol–water partition coefficient (Wildman–Crippen LogP) is -0.178. The van der Waals surface area contributed by atoms with Crippen molar-refractivity contribution in [1.82, 2.24) is 15.2 Å². The van der Waals surface area contributed by atoms with Crippen molar-refractivity contribution in [1.29, 1.82) is 0 Å². The normalized spacial score (nSPS) is 15.9. The monoisotopic (exact) mass is 261 g/mol. The highest BCUT2D eigenvalue weighted by atomic mass is 16.5. The number of primary amides is 1. The lowest BCUT2D eigenvalue weighted by Crippen LogP contribution is -2.36. The van der Waals surface area contributed by atoms with Gasteiger partial charge in [0.1, 0.15) is 0 Å². The van der Waals surface area contributed by atoms with E-state index in [1.165, 1.54) is 0 Å². The second-order valence-electron chi connectivity index (χ2n) is 4.51. The maximum absolute atomic E-state index is 10.9. The van der Waals surface area contributed by atoms with E-state index in [4.69, 9.17) is 10.5 Å². The molecular formula is C12H15N5O2. The van der Waals surface area contributed by atoms with E-state index in [0.717, 1.165) is 29.8 Å². The zero-order chi connectivity index (χ0) is 13.2. The Kier molecular flexibility index (Phi) is 3.04. The Balaban J connectivity index is 1.92. The van der Waals surface area contributed by atoms with Gasteiger partial charge in [-0.15, -0.1) is 0 Å². The molecule has 1 saturated heterocycles. The summed E-state index contributed by atoms with van der Waals surface area (Å²) in [6, 6.07) is 1.82. The molecule has 7 heteroatoms. The molecule has 3 rings (SSSR count). The summed E-state index contributed by atoms with van der Waals surface area (Å²) in [7, 11) is 0. The number of nitrogens with two attached hydrogens (primary N) is 1. The lowest BCUT2D eigenvalue weighted by Gasteiger charge is -2.26. The Morgan fingerprint density at radius 3 is 3.00 bits per heavy atom. The van der Waals surface area contributed by atoms with Gasteiger partial charge < -0.3 is 15.4 Å². The topological polar surface area (TPSA) is 97.1 Å². The molecule has 7 nitrogen and oxygen atoms in total. The first-order valence-corrected chi connectivity index (χ1v) is 6.18. The van der Waals surface area contributed by atoms with Crippen LogP contribution in [0.2, 0.25) is 0 Å². The molecule has 0 unspecified atom stereocenters. The molecule has 100 valence electrons. The van der Waals surface area contributed by atoms with Gasteiger partial charge in [0.05, 0.1) is 36.2 Å². The second-order valence-corrected chi connectivity index (χ2v) is 4.51. The van der Waals surface area contributed by atoms with Crippen molar-refractivity contribution in [3.8, 4) is 0 Å². The molecule has 0 atom stereocenters. The number of carbonyl (C=O) groups excluding carboxylic acids is 1. The fraction of sp³-hybridized carbons (Fsp3) is 0.417. The maximum Gasteiger partial charge on any atom is 0.223 e. The number of anilines is 1. The first-order chi connectivity index (χ1) is 9.24. The molecule has 0 saturated carbocycles. The van der Waals surface area contributed by atoms with Gasteiger partial charge >= 0.3 is 0 Å². The van der Waals surface area contributed by atoms with Crippen LogP contribution in [0.15, 0.2) is 12.3 Å². The highest BCUT2D eigenvalue weighted by Crippen LogP contribution is 2.24. The van der Waals surface area contributed by atoms with Crippen molar-refractivity contribution in [2.24, 2.45) is 5.73 Å². The molecule has 19 heavy (non-hydrogen) atoms. The summed E-state index contributed by atoms with van der Waals surface area (Å²) in [6.07, 6.45) is 1.88. The highest BCUT2D eigenvalue weighted by molar-refractivity contribution is 5.90. The summed E-state index contributed by atoms with van der Waals surface area (Å²) in [5.41, 5.74) is 6.68. The molecule has 0 spiro atoms. The van der Waals surface area contributed by atoms with Crippen LogP contribution in [0.1, 0.15) is 5.69 Å². The van der Waals surface area contributed by atoms with E-state index in [2.05, 4.69) is 20.1 Å². The summed E-state index contributed by atoms with van der Waals surface area (Å²) in [5.74, 6) is 0.496. The standard InChI is InChI=1S/C12H15N5O2/c13-11(18)6-8-5-10-9(7-14-8)12(16-15-10)17-1-3-19-4-2-17/h5,7H,1-4,6H2,(H2,13,18)(H,15,16). The number of ether oxygens (including phenoxy) is 1. The molecule has 1 fully saturated rings. The van der Waals surface area contributed by atoms with E-state index < -0.39 is 0 Å². The SMILES string of the molecule is NC(=O)Cc1cc2[nH]nc(N3CCOCC3)c2cn1. The molecule has 0 aliphatic carbocycles. The Hall–Kier alpha value is -2.15. The summed E-state index contributed by atoms with van der Waals surface area (Å²) in [5, 5.41) is 8.26. The molecule has 3 N–H and O–H groups in total. The third-order valence-electron chi connectivity index (χ3n) is 3.15. The lowest BCUT2D eigenvalue weighted by atomic mass is 10.2. The number of hydrogen-bond donors (Lipinski definition) is 2. The molecule has 2 aromatic heterocycles. The number of morpholine rings is 1. The summed E-state index contributed by atoms with van der Waals surface area (Å²) < 4.78 is 5.33. The molecule has 1 amide bonds. The lowest BCUT2D eigenvalue weighted by molar-refractivity contribution is -0.117. The van der Waals surface area contributed by atoms with Gasteiger partial charge in [0.15, 0.2) is 5.82 Å². The van der Waals surface area contributed by atoms with Crippen LogP contribution >= 0.6 is 0 Å². The van der Waals surface area contributed by atoms with Crippen LogP contribution in [0.5, 0.6) is 0 Å². The van der Waals surface area contributed by atoms with Crippen LogP contribution in [0, 0.1) is 0 Å². The number of aromatic amines is 1. The van der Waals surface area contributed by atoms with Gasteiger partial charge in [-0.1, -0.05) is 0 Å². The fourth-order valence-electron chi connectivity index (χ4n) is 2.23. The van der Waals surface area contributed by atoms with E-state index in [1.807, 2.05) is 6.07 Å². The van der Waals surface area contributed by atoms with Crippen molar-refractivity contribution < 1.29 is 9.53 Å². The molecule has 3 heterocycles. The smallest absolute Gasteiger partial charge is 0.223 e. The minimum Gasteiger partial charge on any atom is -0.378 e. The van der Waals surface area contributed by atoms with Crippen LogP contribution < -0.4 is 10.6 Å². The first-order valence-electron chi connectivity index (χ1n) is 6.18. The average Bonchev–Trinajstić information content (AvgIpc) is 2.82. The zero-order valence-corrected chi connectivity index (χ0v) is 10.4. The van der Waals surface area contributed by atoms with E-state index in [9.17, 15) is 4.79 Å². The molecule has 2 aromatic rings. The highest BCUT2D eigenvalue weighted by Gasteiger charge is 2.17. The van der Waals surface area contributed by atoms with Crippen LogP contribution in [0.4, 0.5) is 5.82 Å². The maximum atomic E-state index is 10.9. The van der Waals surface area contributed by atoms with Crippen LogP contribution in [0.25, 0.3) is 10.9 Å². The number of carbonyl (C=O) groups is 1. The fourth-order valence-corrected chi connectivity index (χ4v) is 2.23. The Morgan fingerprint density at radius 2 is 2.26 bits per heavy atom. The Bertz CT molecular complexity index is 603. The number of amides is 1. The first kappa shape index (κ1) is 11.9. The third-order valence-corrected chi connectivity index (χ3v) is 3.15. The van der Waals surface area contributed by atoms with E-state index >= 15 is 0 Å². The Labute approximate surface area is 109 Å². The van der Waals surface area contributed by atoms with E-state index in [-0.39, 0.29) is 12.3 Å². The van der Waals surface area contributed by atoms with Gasteiger partial charge in [-0.3, -0.25) is 14.9 Å². The molecule has 1 aliphatic heterocycles. The summed E-state index contributed by atoms with van der Waals surface area (Å²) in [6.45, 7) is 3.06. The number of H-pyrrole nitrogens is 1. The van der Waals surface area contributed by atoms with Crippen molar-refractivity contribution >= 4 is 22.6 Å². The number of nitrogens with one attached hydrogen (secondary N) is 1.